The van der Waals surface area contributed by atoms with E-state index in [9.17, 15) is 33.6 Å². The van der Waals surface area contributed by atoms with E-state index in [4.69, 9.17) is 28.4 Å². The number of carbonyl (C=O) groups excluding carboxylic acids is 9. The van der Waals surface area contributed by atoms with Gasteiger partial charge in [0.25, 0.3) is 0 Å². The number of aromatic nitrogens is 2. The molecule has 3 aliphatic heterocycles. The molecule has 0 spiro atoms. The van der Waals surface area contributed by atoms with E-state index in [2.05, 4.69) is 15.6 Å². The van der Waals surface area contributed by atoms with E-state index in [-0.39, 0.29) is 44.0 Å². The zero-order chi connectivity index (χ0) is 70.3. The van der Waals surface area contributed by atoms with Gasteiger partial charge in [-0.15, -0.1) is 0 Å². The first-order valence-electron chi connectivity index (χ1n) is 33.0. The van der Waals surface area contributed by atoms with Crippen molar-refractivity contribution in [2.75, 3.05) is 27.2 Å². The van der Waals surface area contributed by atoms with Crippen LogP contribution in [-0.2, 0) is 88.0 Å². The van der Waals surface area contributed by atoms with Crippen molar-refractivity contribution in [2.45, 2.75) is 188 Å². The Morgan fingerprint density at radius 1 is 0.588 bits per heavy atom. The molecule has 3 saturated heterocycles. The molecule has 0 unspecified atom stereocenters. The predicted molar refractivity (Wildman–Crippen MR) is 354 cm³/mol. The molecule has 6 aromatic rings. The third-order valence-corrected chi connectivity index (χ3v) is 18.7. The highest BCUT2D eigenvalue weighted by Crippen LogP contribution is 2.47. The van der Waals surface area contributed by atoms with Crippen LogP contribution in [-0.4, -0.2) is 171 Å². The first-order valence-corrected chi connectivity index (χ1v) is 33.0. The molecule has 520 valence electrons. The lowest BCUT2D eigenvalue weighted by atomic mass is 9.94. The first kappa shape index (κ1) is 71.9. The van der Waals surface area contributed by atoms with Crippen molar-refractivity contribution < 1.29 is 80.4 Å². The number of esters is 3. The lowest BCUT2D eigenvalue weighted by Gasteiger charge is -2.44. The summed E-state index contributed by atoms with van der Waals surface area (Å²) in [6.07, 6.45) is -6.43. The van der Waals surface area contributed by atoms with Gasteiger partial charge in [-0.25, -0.2) is 18.4 Å². The first-order chi connectivity index (χ1) is 46.1. The largest absolute Gasteiger partial charge is 0.456 e. The predicted octanol–water partition coefficient (Wildman–Crippen LogP) is 9.44. The molecule has 0 aliphatic carbocycles. The summed E-state index contributed by atoms with van der Waals surface area (Å²) in [5.41, 5.74) is 3.71. The zero-order valence-corrected chi connectivity index (χ0v) is 56.9. The van der Waals surface area contributed by atoms with Crippen LogP contribution in [0.4, 0.5) is 18.4 Å². The molecule has 4 aromatic carbocycles. The Labute approximate surface area is 562 Å². The third kappa shape index (κ3) is 16.4. The number of fused-ring (bicyclic) bond motifs is 2. The van der Waals surface area contributed by atoms with Gasteiger partial charge in [0.05, 0.1) is 23.0 Å². The lowest BCUT2D eigenvalue weighted by molar-refractivity contribution is -0.258. The van der Waals surface area contributed by atoms with Gasteiger partial charge in [0.2, 0.25) is 23.6 Å². The molecule has 3 N–H and O–H groups in total. The summed E-state index contributed by atoms with van der Waals surface area (Å²) < 4.78 is 69.6. The second-order valence-corrected chi connectivity index (χ2v) is 26.2. The number of hydrogen-bond donors (Lipinski definition) is 3. The van der Waals surface area contributed by atoms with Crippen LogP contribution in [0.1, 0.15) is 123 Å². The number of carbonyl (C=O) groups is 9. The molecule has 0 bridgehead atoms. The number of nitrogens with one attached hydrogen (secondary N) is 3. The van der Waals surface area contributed by atoms with Crippen LogP contribution >= 0.6 is 0 Å². The molecule has 0 radical (unpaired) electrons. The average Bonchev–Trinajstić information content (AvgIpc) is 1.58. The van der Waals surface area contributed by atoms with Gasteiger partial charge in [-0.1, -0.05) is 88.4 Å². The van der Waals surface area contributed by atoms with Crippen LogP contribution in [0.2, 0.25) is 0 Å². The molecule has 97 heavy (non-hydrogen) atoms. The Morgan fingerprint density at radius 2 is 1.03 bits per heavy atom. The van der Waals surface area contributed by atoms with E-state index >= 15 is 18.4 Å². The monoisotopic (exact) mass is 1340 g/mol. The Kier molecular flexibility index (Phi) is 23.1. The van der Waals surface area contributed by atoms with Crippen molar-refractivity contribution in [3.05, 3.63) is 131 Å². The second kappa shape index (κ2) is 31.2. The number of halogens is 2. The van der Waals surface area contributed by atoms with Gasteiger partial charge >= 0.3 is 30.1 Å². The minimum absolute atomic E-state index is 0.0205. The highest BCUT2D eigenvalue weighted by molar-refractivity contribution is 5.98. The van der Waals surface area contributed by atoms with Crippen LogP contribution in [0.15, 0.2) is 97.1 Å². The molecule has 11 atom stereocenters. The molecule has 3 fully saturated rings. The highest BCUT2D eigenvalue weighted by atomic mass is 19.1. The number of rotatable bonds is 23. The molecule has 0 saturated carbocycles. The maximum absolute atomic E-state index is 16.4. The molecular weight excluding hydrogens is 1250 g/mol. The van der Waals surface area contributed by atoms with Crippen molar-refractivity contribution in [1.29, 1.82) is 0 Å². The number of benzene rings is 4. The van der Waals surface area contributed by atoms with Crippen LogP contribution in [0.3, 0.4) is 0 Å². The molecule has 23 nitrogen and oxygen atoms in total. The molecule has 25 heteroatoms. The van der Waals surface area contributed by atoms with Crippen molar-refractivity contribution in [3.63, 3.8) is 0 Å². The molecule has 6 amide bonds. The maximum atomic E-state index is 16.4. The minimum Gasteiger partial charge on any atom is -0.456 e. The number of ether oxygens (including phenoxy) is 6. The van der Waals surface area contributed by atoms with Gasteiger partial charge in [0.1, 0.15) is 49.0 Å². The third-order valence-electron chi connectivity index (χ3n) is 18.7. The van der Waals surface area contributed by atoms with E-state index in [0.29, 0.717) is 71.0 Å². The number of hydrogen-bond acceptors (Lipinski definition) is 15. The van der Waals surface area contributed by atoms with E-state index in [1.165, 1.54) is 52.2 Å². The zero-order valence-electron chi connectivity index (χ0n) is 56.9. The summed E-state index contributed by atoms with van der Waals surface area (Å²) in [7, 11) is 2.87. The molecule has 9 rings (SSSR count). The number of H-pyrrole nitrogens is 1. The van der Waals surface area contributed by atoms with E-state index in [1.807, 2.05) is 36.4 Å². The maximum Gasteiger partial charge on any atom is 0.410 e. The standard InChI is InChI=1S/C72H88F2N8O15/c1-39(2)59(76-66(86)41(5)78(11)71(90)92-37-47-21-15-13-16-22-47)68(88)80-31-19-25-51(80)35-55-53-29-27-49(73)33-57(53)75-61(55)62-56(54-30-28-50(74)34-58(54)82(62)70-65(97-46(10)85)64(96-45(9)84)63(43(7)94-70)95-44(8)83)36-52-26-20-32-81(52)69(89)60(40(3)4)77-67(87)42(6)79(12)72(91)93-38-48-23-17-14-18-24-48/h13-18,21-24,27-30,33-34,39-43,51-52,59-60,63-65,70,75H,19-20,25-26,31-32,35-38H2,1-12H3,(H,76,86)(H,77,87)/t41-,42-,43-,51-,52-,59-,60-,63+,64+,65-,70-/m0/s1. The molecular formula is C72H88F2N8O15. The minimum atomic E-state index is -1.61. The van der Waals surface area contributed by atoms with E-state index < -0.39 is 138 Å². The topological polar surface area (TPSA) is 267 Å². The fraction of sp³-hybridized carbons (Fsp3) is 0.486. The Morgan fingerprint density at radius 3 is 1.51 bits per heavy atom. The van der Waals surface area contributed by atoms with Crippen molar-refractivity contribution >= 4 is 75.5 Å². The Bertz CT molecular complexity index is 3880. The summed E-state index contributed by atoms with van der Waals surface area (Å²) in [5.74, 6) is -6.61. The normalized spacial score (nSPS) is 20.6. The van der Waals surface area contributed by atoms with Crippen LogP contribution in [0, 0.1) is 23.5 Å². The number of likely N-dealkylation sites (N-methyl/N-ethyl adjacent to an activating group) is 2. The summed E-state index contributed by atoms with van der Waals surface area (Å²) in [6, 6.07) is 21.0. The SMILES string of the molecule is CC(=O)O[C@@H]1[C@H](OC(C)=O)[C@H](C)O[C@H](n2c(-c3[nH]c4cc(F)ccc4c3C[C@@H]3CCCN3C(=O)[C@@H](NC(=O)[C@H](C)N(C)C(=O)OCc3ccccc3)C(C)C)c(C[C@@H]3CCCN3C(=O)[C@@H](NC(=O)[C@H](C)N(C)C(=O)OCc3ccccc3)C(C)C)c3ccc(F)cc32)[C@H]1OC(C)=O. The van der Waals surface area contributed by atoms with Crippen molar-refractivity contribution in [1.82, 2.24) is 39.8 Å². The van der Waals surface area contributed by atoms with Gasteiger partial charge in [-0.05, 0) is 130 Å². The van der Waals surface area contributed by atoms with Crippen molar-refractivity contribution in [3.8, 4) is 11.4 Å². The van der Waals surface area contributed by atoms with Gasteiger partial charge in [0.15, 0.2) is 24.5 Å². The van der Waals surface area contributed by atoms with Gasteiger partial charge < -0.3 is 58.4 Å². The van der Waals surface area contributed by atoms with E-state index in [0.717, 1.165) is 41.7 Å². The quantitative estimate of drug-likeness (QED) is 0.0398. The highest BCUT2D eigenvalue weighted by Gasteiger charge is 2.53. The van der Waals surface area contributed by atoms with Gasteiger partial charge in [-0.3, -0.25) is 43.4 Å². The van der Waals surface area contributed by atoms with Crippen LogP contribution in [0.25, 0.3) is 33.2 Å². The summed E-state index contributed by atoms with van der Waals surface area (Å²) in [6.45, 7) is 15.8. The van der Waals surface area contributed by atoms with Gasteiger partial charge in [0, 0.05) is 76.3 Å². The second-order valence-electron chi connectivity index (χ2n) is 26.2. The van der Waals surface area contributed by atoms with Gasteiger partial charge in [-0.2, -0.15) is 0 Å². The van der Waals surface area contributed by atoms with Crippen LogP contribution < -0.4 is 10.6 Å². The fourth-order valence-corrected chi connectivity index (χ4v) is 13.3. The Hall–Kier alpha value is -9.39. The summed E-state index contributed by atoms with van der Waals surface area (Å²) in [4.78, 5) is 134. The number of amides is 6. The smallest absolute Gasteiger partial charge is 0.410 e. The average molecular weight is 1340 g/mol. The summed E-state index contributed by atoms with van der Waals surface area (Å²) >= 11 is 0. The molecule has 5 heterocycles. The number of nitrogens with zero attached hydrogens (tertiary/aromatic N) is 5. The van der Waals surface area contributed by atoms with Crippen molar-refractivity contribution in [2.24, 2.45) is 11.8 Å². The summed E-state index contributed by atoms with van der Waals surface area (Å²) in [5, 5.41) is 6.83. The number of aromatic amines is 1. The van der Waals surface area contributed by atoms with E-state index in [1.54, 1.807) is 85.4 Å². The molecule has 3 aliphatic rings. The lowest BCUT2D eigenvalue weighted by Crippen LogP contribution is -2.58. The Balaban J connectivity index is 1.13. The van der Waals surface area contributed by atoms with Crippen LogP contribution in [0.5, 0.6) is 0 Å². The number of likely N-dealkylation sites (tertiary alicyclic amines) is 2. The molecule has 2 aromatic heterocycles. The fourth-order valence-electron chi connectivity index (χ4n) is 13.3.